The zero-order valence-corrected chi connectivity index (χ0v) is 29.2. The maximum atomic E-state index is 14.1. The summed E-state index contributed by atoms with van der Waals surface area (Å²) in [6, 6.07) is 2.79. The van der Waals surface area contributed by atoms with E-state index in [9.17, 15) is 18.0 Å². The lowest BCUT2D eigenvalue weighted by molar-refractivity contribution is -0.139. The number of aromatic amines is 1. The molecule has 1 aliphatic heterocycles. The first-order chi connectivity index (χ1) is 24.5. The Hall–Kier alpha value is -4.57. The average molecular weight is 712 g/mol. The fraction of sp³-hybridized carbons (Fsp3) is 0.543. The molecule has 0 spiro atoms. The average Bonchev–Trinajstić information content (AvgIpc) is 3.75. The van der Waals surface area contributed by atoms with E-state index in [1.165, 1.54) is 6.20 Å². The van der Waals surface area contributed by atoms with Crippen molar-refractivity contribution in [2.24, 2.45) is 5.41 Å². The summed E-state index contributed by atoms with van der Waals surface area (Å²) in [5.41, 5.74) is 1.62. The predicted molar refractivity (Wildman–Crippen MR) is 186 cm³/mol. The Balaban J connectivity index is 1.31. The molecule has 16 heteroatoms. The van der Waals surface area contributed by atoms with Gasteiger partial charge >= 0.3 is 12.1 Å². The van der Waals surface area contributed by atoms with Crippen LogP contribution in [0.4, 0.5) is 24.7 Å². The van der Waals surface area contributed by atoms with Gasteiger partial charge in [-0.05, 0) is 44.9 Å². The highest BCUT2D eigenvalue weighted by Crippen LogP contribution is 2.42. The van der Waals surface area contributed by atoms with Crippen molar-refractivity contribution < 1.29 is 32.5 Å². The minimum absolute atomic E-state index is 0.0462. The van der Waals surface area contributed by atoms with E-state index in [2.05, 4.69) is 34.6 Å². The third kappa shape index (κ3) is 8.33. The molecule has 0 amide bonds. The van der Waals surface area contributed by atoms with E-state index in [0.717, 1.165) is 76.0 Å². The summed E-state index contributed by atoms with van der Waals surface area (Å²) in [4.78, 5) is 43.5. The van der Waals surface area contributed by atoms with Crippen LogP contribution < -0.4 is 14.5 Å². The van der Waals surface area contributed by atoms with Crippen molar-refractivity contribution >= 4 is 28.6 Å². The molecule has 2 fully saturated rings. The summed E-state index contributed by atoms with van der Waals surface area (Å²) in [5, 5.41) is 8.91. The van der Waals surface area contributed by atoms with E-state index < -0.39 is 23.6 Å². The third-order valence-corrected chi connectivity index (χ3v) is 9.71. The van der Waals surface area contributed by atoms with Crippen molar-refractivity contribution in [2.45, 2.75) is 51.6 Å². The first-order valence-electron chi connectivity index (χ1n) is 17.3. The van der Waals surface area contributed by atoms with Crippen LogP contribution in [-0.4, -0.2) is 113 Å². The second-order valence-corrected chi connectivity index (χ2v) is 13.4. The molecule has 4 aromatic rings. The van der Waals surface area contributed by atoms with E-state index in [4.69, 9.17) is 24.5 Å². The summed E-state index contributed by atoms with van der Waals surface area (Å²) in [6.07, 6.45) is 5.04. The zero-order chi connectivity index (χ0) is 36.2. The maximum Gasteiger partial charge on any atom is 0.421 e. The van der Waals surface area contributed by atoms with Gasteiger partial charge in [0.2, 0.25) is 5.88 Å². The van der Waals surface area contributed by atoms with Crippen molar-refractivity contribution in [3.8, 4) is 28.7 Å². The molecule has 1 saturated carbocycles. The number of pyridine rings is 2. The van der Waals surface area contributed by atoms with E-state index in [-0.39, 0.29) is 24.0 Å². The van der Waals surface area contributed by atoms with Crippen LogP contribution in [0.3, 0.4) is 0 Å². The van der Waals surface area contributed by atoms with Gasteiger partial charge < -0.3 is 29.4 Å². The van der Waals surface area contributed by atoms with Crippen LogP contribution in [-0.2, 0) is 15.7 Å². The summed E-state index contributed by atoms with van der Waals surface area (Å²) < 4.78 is 53.1. The number of hydrogen-bond donors (Lipinski definition) is 2. The number of anilines is 2. The van der Waals surface area contributed by atoms with E-state index in [1.54, 1.807) is 32.5 Å². The van der Waals surface area contributed by atoms with Crippen molar-refractivity contribution in [1.29, 1.82) is 0 Å². The largest absolute Gasteiger partial charge is 0.481 e. The molecule has 0 unspecified atom stereocenters. The normalized spacial score (nSPS) is 16.5. The van der Waals surface area contributed by atoms with Crippen LogP contribution in [0.5, 0.6) is 5.88 Å². The number of hydrogen-bond acceptors (Lipinski definition) is 11. The number of aliphatic carboxylic acids is 1. The fourth-order valence-electron chi connectivity index (χ4n) is 7.22. The number of alkyl halides is 3. The number of fused-ring (bicyclic) bond motifs is 1. The highest BCUT2D eigenvalue weighted by atomic mass is 19.4. The molecule has 0 radical (unpaired) electrons. The number of imidazole rings is 1. The van der Waals surface area contributed by atoms with Gasteiger partial charge in [0.15, 0.2) is 11.5 Å². The standard InChI is InChI=1S/C35H44F3N9O4/c1-4-51-33-24(35(36,37)38)16-23(18-41-33)25-17-27(45(2)21-34(22-50-3)9-5-6-10-34)30-32(42-25)44-31(43-30)26-19-40-28(20-39-26)47-14-12-46(13-15-47)11-7-8-29(48)49/h16-20H,4-15,21-22H2,1-3H3,(H,48,49)(H,42,43,44). The molecule has 2 N–H and O–H groups in total. The zero-order valence-electron chi connectivity index (χ0n) is 29.2. The summed E-state index contributed by atoms with van der Waals surface area (Å²) in [6.45, 7) is 6.77. The highest BCUT2D eigenvalue weighted by Gasteiger charge is 2.37. The van der Waals surface area contributed by atoms with E-state index >= 15 is 0 Å². The Labute approximate surface area is 294 Å². The van der Waals surface area contributed by atoms with Gasteiger partial charge in [0.1, 0.15) is 22.6 Å². The Bertz CT molecular complexity index is 1800. The molecule has 4 aromatic heterocycles. The van der Waals surface area contributed by atoms with Gasteiger partial charge in [0.25, 0.3) is 0 Å². The number of methoxy groups -OCH3 is 1. The molecule has 6 rings (SSSR count). The Kier molecular flexibility index (Phi) is 10.9. The molecular formula is C35H44F3N9O4. The van der Waals surface area contributed by atoms with Gasteiger partial charge in [-0.15, -0.1) is 0 Å². The lowest BCUT2D eigenvalue weighted by Gasteiger charge is -2.35. The van der Waals surface area contributed by atoms with E-state index in [0.29, 0.717) is 47.9 Å². The summed E-state index contributed by atoms with van der Waals surface area (Å²) in [7, 11) is 3.67. The summed E-state index contributed by atoms with van der Waals surface area (Å²) >= 11 is 0. The van der Waals surface area contributed by atoms with E-state index in [1.807, 2.05) is 7.05 Å². The third-order valence-electron chi connectivity index (χ3n) is 9.71. The lowest BCUT2D eigenvalue weighted by Crippen LogP contribution is -2.47. The van der Waals surface area contributed by atoms with Crippen molar-refractivity contribution in [2.75, 3.05) is 76.4 Å². The van der Waals surface area contributed by atoms with Crippen LogP contribution in [0.25, 0.3) is 33.9 Å². The number of carboxylic acids is 1. The number of carboxylic acid groups (broad SMARTS) is 1. The molecule has 51 heavy (non-hydrogen) atoms. The number of piperazine rings is 1. The Morgan fingerprint density at radius 3 is 2.45 bits per heavy atom. The fourth-order valence-corrected chi connectivity index (χ4v) is 7.22. The van der Waals surface area contributed by atoms with Crippen LogP contribution in [0.2, 0.25) is 0 Å². The Morgan fingerprint density at radius 1 is 1.04 bits per heavy atom. The number of rotatable bonds is 14. The smallest absolute Gasteiger partial charge is 0.421 e. The van der Waals surface area contributed by atoms with Crippen LogP contribution in [0.1, 0.15) is 51.0 Å². The van der Waals surface area contributed by atoms with Gasteiger partial charge in [0, 0.05) is 70.5 Å². The number of aromatic nitrogens is 6. The molecule has 0 aromatic carbocycles. The first-order valence-corrected chi connectivity index (χ1v) is 17.3. The SMILES string of the molecule is CCOc1ncc(-c2cc(N(C)CC3(COC)CCCC3)c3[nH]c(-c4cnc(N5CCN(CCCC(=O)O)CC5)cn4)nc3n2)cc1C(F)(F)F. The molecule has 274 valence electrons. The monoisotopic (exact) mass is 711 g/mol. The van der Waals surface area contributed by atoms with Crippen LogP contribution in [0, 0.1) is 5.41 Å². The van der Waals surface area contributed by atoms with Gasteiger partial charge in [-0.2, -0.15) is 13.2 Å². The molecular weight excluding hydrogens is 667 g/mol. The Morgan fingerprint density at radius 2 is 1.80 bits per heavy atom. The second-order valence-electron chi connectivity index (χ2n) is 13.4. The lowest BCUT2D eigenvalue weighted by atomic mass is 9.86. The minimum atomic E-state index is -4.67. The topological polar surface area (TPSA) is 146 Å². The van der Waals surface area contributed by atoms with Gasteiger partial charge in [-0.3, -0.25) is 9.69 Å². The quantitative estimate of drug-likeness (QED) is 0.170. The number of nitrogens with zero attached hydrogens (tertiary/aromatic N) is 8. The number of carbonyl (C=O) groups is 1. The number of nitrogens with one attached hydrogen (secondary N) is 1. The second kappa shape index (κ2) is 15.4. The van der Waals surface area contributed by atoms with Gasteiger partial charge in [0.05, 0.1) is 37.0 Å². The molecule has 1 saturated heterocycles. The highest BCUT2D eigenvalue weighted by molar-refractivity contribution is 5.91. The molecule has 0 atom stereocenters. The van der Waals surface area contributed by atoms with Crippen molar-refractivity contribution in [1.82, 2.24) is 34.8 Å². The molecule has 1 aliphatic carbocycles. The number of H-pyrrole nitrogens is 1. The maximum absolute atomic E-state index is 14.1. The molecule has 2 aliphatic rings. The summed E-state index contributed by atoms with van der Waals surface area (Å²) in [5.74, 6) is -0.0993. The van der Waals surface area contributed by atoms with Crippen molar-refractivity contribution in [3.05, 3.63) is 36.3 Å². The first kappa shape index (κ1) is 36.2. The molecule has 0 bridgehead atoms. The predicted octanol–water partition coefficient (Wildman–Crippen LogP) is 5.52. The van der Waals surface area contributed by atoms with Gasteiger partial charge in [-0.1, -0.05) is 12.8 Å². The van der Waals surface area contributed by atoms with Crippen LogP contribution in [0.15, 0.2) is 30.7 Å². The minimum Gasteiger partial charge on any atom is -0.481 e. The van der Waals surface area contributed by atoms with Gasteiger partial charge in [-0.25, -0.2) is 24.9 Å². The molecule has 5 heterocycles. The number of halogens is 3. The molecule has 13 nitrogen and oxygen atoms in total. The van der Waals surface area contributed by atoms with Crippen molar-refractivity contribution in [3.63, 3.8) is 0 Å². The van der Waals surface area contributed by atoms with Crippen LogP contribution >= 0.6 is 0 Å². The number of ether oxygens (including phenoxy) is 2.